The molecule has 128 valence electrons. The van der Waals surface area contributed by atoms with Crippen LogP contribution in [0.5, 0.6) is 0 Å². The number of ether oxygens (including phenoxy) is 1. The minimum atomic E-state index is -0.602. The number of nitrogens with zero attached hydrogens (tertiary/aromatic N) is 1. The second kappa shape index (κ2) is 6.02. The Bertz CT molecular complexity index is 699. The van der Waals surface area contributed by atoms with Crippen LogP contribution in [0.15, 0.2) is 18.2 Å². The molecule has 0 bridgehead atoms. The highest BCUT2D eigenvalue weighted by Crippen LogP contribution is 2.29. The molecule has 3 rings (SSSR count). The average Bonchev–Trinajstić information content (AvgIpc) is 3.11. The van der Waals surface area contributed by atoms with Crippen molar-refractivity contribution in [2.24, 2.45) is 0 Å². The van der Waals surface area contributed by atoms with E-state index >= 15 is 0 Å². The molecule has 0 aliphatic carbocycles. The van der Waals surface area contributed by atoms with Crippen molar-refractivity contribution in [3.63, 3.8) is 0 Å². The van der Waals surface area contributed by atoms with Crippen LogP contribution in [-0.2, 0) is 4.74 Å². The highest BCUT2D eigenvalue weighted by atomic mass is 16.5. The molecule has 3 amide bonds. The van der Waals surface area contributed by atoms with Crippen LogP contribution < -0.4 is 5.32 Å². The summed E-state index contributed by atoms with van der Waals surface area (Å²) in [7, 11) is 0. The van der Waals surface area contributed by atoms with Gasteiger partial charge in [-0.05, 0) is 51.8 Å². The predicted octanol–water partition coefficient (Wildman–Crippen LogP) is 1.99. The molecule has 6 heteroatoms. The summed E-state index contributed by atoms with van der Waals surface area (Å²) in [5.41, 5.74) is 0.420. The standard InChI is InChI=1S/C18H22N2O4/c1-18(2,3)20-16(22)13-7-6-11(9-14(13)17(20)23)15(21)19-10-12-5-4-8-24-12/h6-7,9,12H,4-5,8,10H2,1-3H3,(H,19,21). The fourth-order valence-electron chi connectivity index (χ4n) is 3.11. The molecule has 0 spiro atoms. The van der Waals surface area contributed by atoms with E-state index < -0.39 is 5.54 Å². The van der Waals surface area contributed by atoms with Crippen LogP contribution in [0.1, 0.15) is 64.7 Å². The molecule has 1 fully saturated rings. The predicted molar refractivity (Wildman–Crippen MR) is 88.0 cm³/mol. The summed E-state index contributed by atoms with van der Waals surface area (Å²) in [6.07, 6.45) is 2.01. The van der Waals surface area contributed by atoms with Crippen molar-refractivity contribution in [1.82, 2.24) is 10.2 Å². The monoisotopic (exact) mass is 330 g/mol. The first-order valence-corrected chi connectivity index (χ1v) is 8.22. The van der Waals surface area contributed by atoms with Crippen molar-refractivity contribution < 1.29 is 19.1 Å². The molecule has 2 aliphatic rings. The normalized spacial score (nSPS) is 20.5. The van der Waals surface area contributed by atoms with E-state index in [0.29, 0.717) is 23.2 Å². The van der Waals surface area contributed by atoms with Crippen molar-refractivity contribution in [2.75, 3.05) is 13.2 Å². The van der Waals surface area contributed by atoms with Crippen molar-refractivity contribution in [3.05, 3.63) is 34.9 Å². The van der Waals surface area contributed by atoms with Crippen LogP contribution in [0.4, 0.5) is 0 Å². The van der Waals surface area contributed by atoms with Gasteiger partial charge in [0.25, 0.3) is 17.7 Å². The zero-order valence-corrected chi connectivity index (χ0v) is 14.2. The number of rotatable bonds is 3. The van der Waals surface area contributed by atoms with E-state index in [1.165, 1.54) is 11.0 Å². The third-order valence-electron chi connectivity index (χ3n) is 4.33. The van der Waals surface area contributed by atoms with Gasteiger partial charge in [-0.1, -0.05) is 0 Å². The molecule has 24 heavy (non-hydrogen) atoms. The SMILES string of the molecule is CC(C)(C)N1C(=O)c2ccc(C(=O)NCC3CCCO3)cc2C1=O. The molecule has 1 aromatic carbocycles. The molecule has 0 radical (unpaired) electrons. The number of carbonyl (C=O) groups excluding carboxylic acids is 3. The lowest BCUT2D eigenvalue weighted by molar-refractivity contribution is 0.0507. The molecule has 1 atom stereocenters. The Kier molecular flexibility index (Phi) is 4.17. The number of benzene rings is 1. The summed E-state index contributed by atoms with van der Waals surface area (Å²) in [6, 6.07) is 4.65. The summed E-state index contributed by atoms with van der Waals surface area (Å²) < 4.78 is 5.48. The number of carbonyl (C=O) groups is 3. The van der Waals surface area contributed by atoms with Gasteiger partial charge in [0.2, 0.25) is 0 Å². The van der Waals surface area contributed by atoms with Crippen LogP contribution in [0.2, 0.25) is 0 Å². The lowest BCUT2D eigenvalue weighted by atomic mass is 10.1. The van der Waals surface area contributed by atoms with E-state index in [1.54, 1.807) is 12.1 Å². The summed E-state index contributed by atoms with van der Waals surface area (Å²) in [5.74, 6) is -0.923. The van der Waals surface area contributed by atoms with E-state index in [-0.39, 0.29) is 23.8 Å². The fraction of sp³-hybridized carbons (Fsp3) is 0.500. The number of nitrogens with one attached hydrogen (secondary N) is 1. The van der Waals surface area contributed by atoms with Crippen LogP contribution in [0.25, 0.3) is 0 Å². The smallest absolute Gasteiger partial charge is 0.262 e. The number of fused-ring (bicyclic) bond motifs is 1. The van der Waals surface area contributed by atoms with Crippen LogP contribution in [0, 0.1) is 0 Å². The highest BCUT2D eigenvalue weighted by Gasteiger charge is 2.42. The van der Waals surface area contributed by atoms with Gasteiger partial charge < -0.3 is 10.1 Å². The first-order valence-electron chi connectivity index (χ1n) is 8.22. The second-order valence-electron chi connectivity index (χ2n) is 7.22. The molecule has 1 aromatic rings. The molecule has 6 nitrogen and oxygen atoms in total. The lowest BCUT2D eigenvalue weighted by Crippen LogP contribution is -2.45. The van der Waals surface area contributed by atoms with E-state index in [9.17, 15) is 14.4 Å². The van der Waals surface area contributed by atoms with Gasteiger partial charge >= 0.3 is 0 Å². The van der Waals surface area contributed by atoms with Gasteiger partial charge in [-0.15, -0.1) is 0 Å². The van der Waals surface area contributed by atoms with Crippen LogP contribution in [0.3, 0.4) is 0 Å². The first kappa shape index (κ1) is 16.6. The van der Waals surface area contributed by atoms with Gasteiger partial charge in [0.1, 0.15) is 0 Å². The third kappa shape index (κ3) is 2.94. The molecular formula is C18H22N2O4. The Balaban J connectivity index is 1.78. The molecule has 2 heterocycles. The maximum Gasteiger partial charge on any atom is 0.262 e. The van der Waals surface area contributed by atoms with Gasteiger partial charge in [0, 0.05) is 24.3 Å². The summed E-state index contributed by atoms with van der Waals surface area (Å²) in [6.45, 7) is 6.62. The maximum absolute atomic E-state index is 12.5. The Hall–Kier alpha value is -2.21. The Morgan fingerprint density at radius 1 is 1.25 bits per heavy atom. The number of imide groups is 1. The highest BCUT2D eigenvalue weighted by molar-refractivity contribution is 6.22. The molecule has 1 unspecified atom stereocenters. The quantitative estimate of drug-likeness (QED) is 0.860. The Morgan fingerprint density at radius 3 is 2.58 bits per heavy atom. The van der Waals surface area contributed by atoms with Gasteiger partial charge in [-0.3, -0.25) is 19.3 Å². The van der Waals surface area contributed by atoms with Gasteiger partial charge in [-0.2, -0.15) is 0 Å². The van der Waals surface area contributed by atoms with Crippen LogP contribution >= 0.6 is 0 Å². The van der Waals surface area contributed by atoms with Crippen molar-refractivity contribution in [3.8, 4) is 0 Å². The third-order valence-corrected chi connectivity index (χ3v) is 4.33. The molecular weight excluding hydrogens is 308 g/mol. The molecule has 0 aromatic heterocycles. The zero-order chi connectivity index (χ0) is 17.5. The molecule has 1 saturated heterocycles. The first-order chi connectivity index (χ1) is 11.3. The van der Waals surface area contributed by atoms with Gasteiger partial charge in [0.05, 0.1) is 17.2 Å². The van der Waals surface area contributed by atoms with Gasteiger partial charge in [0.15, 0.2) is 0 Å². The maximum atomic E-state index is 12.5. The van der Waals surface area contributed by atoms with Gasteiger partial charge in [-0.25, -0.2) is 0 Å². The number of amides is 3. The second-order valence-corrected chi connectivity index (χ2v) is 7.22. The minimum Gasteiger partial charge on any atom is -0.376 e. The van der Waals surface area contributed by atoms with E-state index in [2.05, 4.69) is 5.32 Å². The van der Waals surface area contributed by atoms with Crippen molar-refractivity contribution in [2.45, 2.75) is 45.3 Å². The lowest BCUT2D eigenvalue weighted by Gasteiger charge is -2.29. The summed E-state index contributed by atoms with van der Waals surface area (Å²) in [5, 5.41) is 2.83. The average molecular weight is 330 g/mol. The van der Waals surface area contributed by atoms with Crippen molar-refractivity contribution >= 4 is 17.7 Å². The Morgan fingerprint density at radius 2 is 1.96 bits per heavy atom. The Labute approximate surface area is 141 Å². The van der Waals surface area contributed by atoms with E-state index in [0.717, 1.165) is 19.4 Å². The van der Waals surface area contributed by atoms with E-state index in [4.69, 9.17) is 4.74 Å². The summed E-state index contributed by atoms with van der Waals surface area (Å²) in [4.78, 5) is 38.5. The molecule has 0 saturated carbocycles. The van der Waals surface area contributed by atoms with Crippen molar-refractivity contribution in [1.29, 1.82) is 0 Å². The topological polar surface area (TPSA) is 75.7 Å². The largest absolute Gasteiger partial charge is 0.376 e. The molecule has 2 aliphatic heterocycles. The number of hydrogen-bond acceptors (Lipinski definition) is 4. The number of hydrogen-bond donors (Lipinski definition) is 1. The van der Waals surface area contributed by atoms with E-state index in [1.807, 2.05) is 20.8 Å². The summed E-state index contributed by atoms with van der Waals surface area (Å²) >= 11 is 0. The minimum absolute atomic E-state index is 0.0583. The fourth-order valence-corrected chi connectivity index (χ4v) is 3.11. The zero-order valence-electron chi connectivity index (χ0n) is 14.2. The molecule has 1 N–H and O–H groups in total. The van der Waals surface area contributed by atoms with Crippen LogP contribution in [-0.4, -0.2) is 47.4 Å².